The SMILES string of the molecule is CCSc1nnc(SCC(=O)N2c3ccccc3NC(=O)C[C@H]2C(F)(F)F)s1. The molecular weight excluding hydrogens is 433 g/mol. The van der Waals surface area contributed by atoms with E-state index in [0.29, 0.717) is 9.24 Å². The minimum atomic E-state index is -4.75. The van der Waals surface area contributed by atoms with E-state index in [1.54, 1.807) is 6.07 Å². The topological polar surface area (TPSA) is 75.2 Å². The summed E-state index contributed by atoms with van der Waals surface area (Å²) in [4.78, 5) is 25.4. The summed E-state index contributed by atoms with van der Waals surface area (Å²) in [6.07, 6.45) is -5.60. The Hall–Kier alpha value is -1.79. The monoisotopic (exact) mass is 448 g/mol. The Balaban J connectivity index is 1.86. The van der Waals surface area contributed by atoms with Crippen molar-refractivity contribution in [3.63, 3.8) is 0 Å². The number of alkyl halides is 3. The summed E-state index contributed by atoms with van der Waals surface area (Å²) in [6, 6.07) is 3.74. The number of fused-ring (bicyclic) bond motifs is 1. The number of carbonyl (C=O) groups is 2. The van der Waals surface area contributed by atoms with Crippen LogP contribution < -0.4 is 10.2 Å². The fourth-order valence-electron chi connectivity index (χ4n) is 2.63. The number of aromatic nitrogens is 2. The fraction of sp³-hybridized carbons (Fsp3) is 0.375. The first-order valence-electron chi connectivity index (χ1n) is 8.16. The van der Waals surface area contributed by atoms with Crippen LogP contribution in [0.3, 0.4) is 0 Å². The molecule has 3 rings (SSSR count). The molecule has 1 aliphatic heterocycles. The third kappa shape index (κ3) is 4.78. The lowest BCUT2D eigenvalue weighted by molar-refractivity contribution is -0.157. The number of anilines is 2. The maximum atomic E-state index is 13.6. The number of nitrogens with one attached hydrogen (secondary N) is 1. The number of benzene rings is 1. The van der Waals surface area contributed by atoms with E-state index in [-0.39, 0.29) is 17.1 Å². The van der Waals surface area contributed by atoms with Gasteiger partial charge in [0.15, 0.2) is 8.68 Å². The first-order chi connectivity index (χ1) is 13.3. The molecule has 1 N–H and O–H groups in total. The van der Waals surface area contributed by atoms with Gasteiger partial charge in [-0.15, -0.1) is 10.2 Å². The van der Waals surface area contributed by atoms with E-state index in [1.807, 2.05) is 6.92 Å². The van der Waals surface area contributed by atoms with Gasteiger partial charge in [-0.05, 0) is 17.9 Å². The second-order valence-electron chi connectivity index (χ2n) is 5.65. The van der Waals surface area contributed by atoms with Gasteiger partial charge in [-0.25, -0.2) is 0 Å². The smallest absolute Gasteiger partial charge is 0.324 e. The Kier molecular flexibility index (Phi) is 6.50. The number of amides is 2. The number of hydrogen-bond donors (Lipinski definition) is 1. The molecule has 0 saturated heterocycles. The number of thioether (sulfide) groups is 2. The van der Waals surface area contributed by atoms with Gasteiger partial charge in [0.05, 0.1) is 23.5 Å². The molecule has 0 saturated carbocycles. The van der Waals surface area contributed by atoms with Gasteiger partial charge in [-0.3, -0.25) is 14.5 Å². The van der Waals surface area contributed by atoms with E-state index in [0.717, 1.165) is 21.9 Å². The van der Waals surface area contributed by atoms with Crippen molar-refractivity contribution in [1.82, 2.24) is 10.2 Å². The minimum Gasteiger partial charge on any atom is -0.324 e. The highest BCUT2D eigenvalue weighted by Crippen LogP contribution is 2.38. The summed E-state index contributed by atoms with van der Waals surface area (Å²) in [5.41, 5.74) is 0.205. The van der Waals surface area contributed by atoms with Crippen molar-refractivity contribution in [2.24, 2.45) is 0 Å². The van der Waals surface area contributed by atoms with Crippen LogP contribution in [0.2, 0.25) is 0 Å². The molecular formula is C16H15F3N4O2S3. The van der Waals surface area contributed by atoms with Crippen molar-refractivity contribution < 1.29 is 22.8 Å². The Bertz CT molecular complexity index is 875. The third-order valence-electron chi connectivity index (χ3n) is 3.75. The Morgan fingerprint density at radius 1 is 1.29 bits per heavy atom. The van der Waals surface area contributed by atoms with Crippen molar-refractivity contribution in [2.75, 3.05) is 21.7 Å². The third-order valence-corrected chi connectivity index (χ3v) is 6.81. The molecule has 1 atom stereocenters. The van der Waals surface area contributed by atoms with Crippen molar-refractivity contribution in [2.45, 2.75) is 34.2 Å². The molecule has 1 aromatic carbocycles. The van der Waals surface area contributed by atoms with Crippen molar-refractivity contribution in [3.8, 4) is 0 Å². The van der Waals surface area contributed by atoms with Crippen LogP contribution in [0.25, 0.3) is 0 Å². The van der Waals surface area contributed by atoms with Gasteiger partial charge in [-0.2, -0.15) is 13.2 Å². The predicted molar refractivity (Wildman–Crippen MR) is 104 cm³/mol. The number of para-hydroxylation sites is 2. The van der Waals surface area contributed by atoms with E-state index in [4.69, 9.17) is 0 Å². The fourth-order valence-corrected chi connectivity index (χ4v) is 5.40. The summed E-state index contributed by atoms with van der Waals surface area (Å²) in [5.74, 6) is -0.975. The number of rotatable bonds is 5. The maximum Gasteiger partial charge on any atom is 0.409 e. The normalized spacial score (nSPS) is 17.1. The Morgan fingerprint density at radius 3 is 2.64 bits per heavy atom. The van der Waals surface area contributed by atoms with E-state index in [9.17, 15) is 22.8 Å². The molecule has 0 unspecified atom stereocenters. The molecule has 0 radical (unpaired) electrons. The van der Waals surface area contributed by atoms with Gasteiger partial charge in [0.25, 0.3) is 0 Å². The Labute approximate surface area is 171 Å². The second-order valence-corrected chi connectivity index (χ2v) is 9.36. The predicted octanol–water partition coefficient (Wildman–Crippen LogP) is 4.05. The zero-order chi connectivity index (χ0) is 20.3. The lowest BCUT2D eigenvalue weighted by Crippen LogP contribution is -2.50. The number of halogens is 3. The standard InChI is InChI=1S/C16H15F3N4O2S3/c1-2-26-14-21-22-15(28-14)27-8-13(25)23-10-6-4-3-5-9(10)20-12(24)7-11(23)16(17,18)19/h3-6,11H,2,7-8H2,1H3,(H,20,24)/t11-/m0/s1. The molecule has 12 heteroatoms. The quantitative estimate of drug-likeness (QED) is 0.696. The summed E-state index contributed by atoms with van der Waals surface area (Å²) in [7, 11) is 0. The van der Waals surface area contributed by atoms with Crippen LogP contribution in [-0.4, -0.2) is 45.7 Å². The largest absolute Gasteiger partial charge is 0.409 e. The lowest BCUT2D eigenvalue weighted by atomic mass is 10.1. The first-order valence-corrected chi connectivity index (χ1v) is 10.9. The molecule has 1 aromatic heterocycles. The van der Waals surface area contributed by atoms with E-state index in [2.05, 4.69) is 15.5 Å². The van der Waals surface area contributed by atoms with Crippen LogP contribution in [-0.2, 0) is 9.59 Å². The van der Waals surface area contributed by atoms with E-state index < -0.39 is 30.5 Å². The molecule has 2 aromatic rings. The van der Waals surface area contributed by atoms with Crippen molar-refractivity contribution in [1.29, 1.82) is 0 Å². The molecule has 0 fully saturated rings. The molecule has 0 spiro atoms. The second kappa shape index (κ2) is 8.70. The van der Waals surface area contributed by atoms with Gasteiger partial charge < -0.3 is 5.32 Å². The molecule has 0 aliphatic carbocycles. The van der Waals surface area contributed by atoms with Crippen LogP contribution >= 0.6 is 34.9 Å². The zero-order valence-corrected chi connectivity index (χ0v) is 17.0. The highest BCUT2D eigenvalue weighted by atomic mass is 32.2. The van der Waals surface area contributed by atoms with Crippen LogP contribution in [0.15, 0.2) is 32.9 Å². The highest BCUT2D eigenvalue weighted by Gasteiger charge is 2.48. The summed E-state index contributed by atoms with van der Waals surface area (Å²) >= 11 is 3.82. The maximum absolute atomic E-state index is 13.6. The summed E-state index contributed by atoms with van der Waals surface area (Å²) in [5, 5.41) is 10.3. The van der Waals surface area contributed by atoms with Gasteiger partial charge in [0, 0.05) is 0 Å². The van der Waals surface area contributed by atoms with Gasteiger partial charge >= 0.3 is 6.18 Å². The highest BCUT2D eigenvalue weighted by molar-refractivity contribution is 8.03. The van der Waals surface area contributed by atoms with Crippen LogP contribution in [0.5, 0.6) is 0 Å². The van der Waals surface area contributed by atoms with Crippen molar-refractivity contribution >= 4 is 58.0 Å². The van der Waals surface area contributed by atoms with Crippen LogP contribution in [0.1, 0.15) is 13.3 Å². The Morgan fingerprint density at radius 2 is 1.96 bits per heavy atom. The molecule has 1 aliphatic rings. The van der Waals surface area contributed by atoms with Gasteiger partial charge in [-0.1, -0.05) is 53.9 Å². The van der Waals surface area contributed by atoms with Crippen LogP contribution in [0.4, 0.5) is 24.5 Å². The van der Waals surface area contributed by atoms with Crippen LogP contribution in [0, 0.1) is 0 Å². The average molecular weight is 449 g/mol. The average Bonchev–Trinajstić information content (AvgIpc) is 3.01. The molecule has 6 nitrogen and oxygen atoms in total. The zero-order valence-electron chi connectivity index (χ0n) is 14.5. The summed E-state index contributed by atoms with van der Waals surface area (Å²) in [6.45, 7) is 1.96. The minimum absolute atomic E-state index is 0.0285. The number of nitrogens with zero attached hydrogens (tertiary/aromatic N) is 3. The molecule has 2 amide bonds. The number of hydrogen-bond acceptors (Lipinski definition) is 7. The van der Waals surface area contributed by atoms with Gasteiger partial charge in [0.1, 0.15) is 6.04 Å². The molecule has 28 heavy (non-hydrogen) atoms. The van der Waals surface area contributed by atoms with Gasteiger partial charge in [0.2, 0.25) is 11.8 Å². The van der Waals surface area contributed by atoms with E-state index in [1.165, 1.54) is 41.3 Å². The first kappa shape index (κ1) is 20.9. The van der Waals surface area contributed by atoms with Crippen molar-refractivity contribution in [3.05, 3.63) is 24.3 Å². The lowest BCUT2D eigenvalue weighted by Gasteiger charge is -2.31. The number of carbonyl (C=O) groups excluding carboxylic acids is 2. The molecule has 150 valence electrons. The molecule has 0 bridgehead atoms. The molecule has 2 heterocycles. The summed E-state index contributed by atoms with van der Waals surface area (Å²) < 4.78 is 42.2. The van der Waals surface area contributed by atoms with E-state index >= 15 is 0 Å².